The summed E-state index contributed by atoms with van der Waals surface area (Å²) in [6.45, 7) is 4.01. The molecule has 0 saturated carbocycles. The highest BCUT2D eigenvalue weighted by atomic mass is 16.5. The van der Waals surface area contributed by atoms with Gasteiger partial charge in [-0.25, -0.2) is 0 Å². The van der Waals surface area contributed by atoms with Crippen LogP contribution in [-0.4, -0.2) is 36.0 Å². The fourth-order valence-corrected chi connectivity index (χ4v) is 3.68. The number of aliphatic hydroxyl groups is 1. The van der Waals surface area contributed by atoms with Gasteiger partial charge in [0.25, 0.3) is 0 Å². The van der Waals surface area contributed by atoms with Crippen molar-refractivity contribution in [1.82, 2.24) is 0 Å². The number of ether oxygens (including phenoxy) is 2. The Labute approximate surface area is 130 Å². The molecule has 5 nitrogen and oxygen atoms in total. The highest BCUT2D eigenvalue weighted by molar-refractivity contribution is 5.69. The summed E-state index contributed by atoms with van der Waals surface area (Å²) >= 11 is 0. The summed E-state index contributed by atoms with van der Waals surface area (Å²) in [7, 11) is 3.16. The van der Waals surface area contributed by atoms with Crippen LogP contribution >= 0.6 is 0 Å². The first kappa shape index (κ1) is 16.6. The summed E-state index contributed by atoms with van der Waals surface area (Å²) in [4.78, 5) is 11.2. The number of aliphatic carboxylic acids is 1. The predicted octanol–water partition coefficient (Wildman–Crippen LogP) is 2.60. The molecule has 2 atom stereocenters. The maximum atomic E-state index is 11.2. The van der Waals surface area contributed by atoms with E-state index in [1.807, 2.05) is 26.0 Å². The molecular weight excluding hydrogens is 284 g/mol. The summed E-state index contributed by atoms with van der Waals surface area (Å²) in [6, 6.07) is 3.81. The Bertz CT molecular complexity index is 566. The van der Waals surface area contributed by atoms with Gasteiger partial charge in [0.05, 0.1) is 26.2 Å². The largest absolute Gasteiger partial charge is 0.493 e. The van der Waals surface area contributed by atoms with E-state index in [2.05, 4.69) is 0 Å². The van der Waals surface area contributed by atoms with Gasteiger partial charge in [-0.3, -0.25) is 4.79 Å². The summed E-state index contributed by atoms with van der Waals surface area (Å²) in [5.74, 6) is 0.157. The van der Waals surface area contributed by atoms with Crippen LogP contribution in [0, 0.1) is 5.92 Å². The summed E-state index contributed by atoms with van der Waals surface area (Å²) in [5, 5.41) is 20.1. The van der Waals surface area contributed by atoms with E-state index in [1.165, 1.54) is 0 Å². The molecule has 0 bridgehead atoms. The van der Waals surface area contributed by atoms with E-state index < -0.39 is 11.6 Å². The quantitative estimate of drug-likeness (QED) is 0.874. The van der Waals surface area contributed by atoms with E-state index in [0.29, 0.717) is 24.3 Å². The molecule has 1 aliphatic carbocycles. The number of aryl methyl sites for hydroxylation is 1. The normalized spacial score (nSPS) is 24.0. The van der Waals surface area contributed by atoms with Gasteiger partial charge in [-0.15, -0.1) is 0 Å². The molecule has 1 aromatic rings. The van der Waals surface area contributed by atoms with Crippen molar-refractivity contribution in [2.75, 3.05) is 14.2 Å². The van der Waals surface area contributed by atoms with Crippen molar-refractivity contribution in [3.63, 3.8) is 0 Å². The molecule has 1 aromatic carbocycles. The van der Waals surface area contributed by atoms with E-state index in [9.17, 15) is 9.90 Å². The van der Waals surface area contributed by atoms with Crippen LogP contribution in [0.3, 0.4) is 0 Å². The van der Waals surface area contributed by atoms with Crippen molar-refractivity contribution in [3.8, 4) is 11.5 Å². The highest BCUT2D eigenvalue weighted by Crippen LogP contribution is 2.48. The van der Waals surface area contributed by atoms with Crippen LogP contribution in [0.15, 0.2) is 12.1 Å². The Balaban J connectivity index is 2.55. The Morgan fingerprint density at radius 1 is 1.32 bits per heavy atom. The van der Waals surface area contributed by atoms with Crippen molar-refractivity contribution in [3.05, 3.63) is 23.3 Å². The third kappa shape index (κ3) is 2.90. The molecule has 0 fully saturated rings. The summed E-state index contributed by atoms with van der Waals surface area (Å²) in [6.07, 6.45) is 0.816. The number of methoxy groups -OCH3 is 2. The SMILES string of the molecule is COc1cc2c(cc1OC)[C@H](C(C)C)[C@@](O)(CC(=O)O)CC2. The minimum absolute atomic E-state index is 0.113. The molecule has 0 heterocycles. The van der Waals surface area contributed by atoms with Gasteiger partial charge < -0.3 is 19.7 Å². The molecule has 0 saturated heterocycles. The second kappa shape index (κ2) is 6.16. The van der Waals surface area contributed by atoms with E-state index in [4.69, 9.17) is 14.6 Å². The Hall–Kier alpha value is -1.75. The summed E-state index contributed by atoms with van der Waals surface area (Å²) < 4.78 is 10.7. The first-order chi connectivity index (χ1) is 10.3. The van der Waals surface area contributed by atoms with Crippen LogP contribution in [0.4, 0.5) is 0 Å². The van der Waals surface area contributed by atoms with E-state index >= 15 is 0 Å². The standard InChI is InChI=1S/C17H24O5/c1-10(2)16-12-8-14(22-4)13(21-3)7-11(12)5-6-17(16,20)9-15(18)19/h7-8,10,16,20H,5-6,9H2,1-4H3,(H,18,19)/t16-,17-/m0/s1. The van der Waals surface area contributed by atoms with Crippen molar-refractivity contribution in [2.45, 2.75) is 44.6 Å². The van der Waals surface area contributed by atoms with E-state index in [1.54, 1.807) is 14.2 Å². The Morgan fingerprint density at radius 2 is 1.91 bits per heavy atom. The monoisotopic (exact) mass is 308 g/mol. The Morgan fingerprint density at radius 3 is 2.41 bits per heavy atom. The third-order valence-corrected chi connectivity index (χ3v) is 4.51. The molecule has 0 spiro atoms. The Kier molecular flexibility index (Phi) is 4.66. The minimum atomic E-state index is -1.23. The number of carbonyl (C=O) groups is 1. The van der Waals surface area contributed by atoms with Crippen LogP contribution in [0.1, 0.15) is 43.7 Å². The zero-order valence-electron chi connectivity index (χ0n) is 13.5. The number of hydrogen-bond acceptors (Lipinski definition) is 4. The molecule has 2 rings (SSSR count). The minimum Gasteiger partial charge on any atom is -0.493 e. The highest BCUT2D eigenvalue weighted by Gasteiger charge is 2.45. The maximum absolute atomic E-state index is 11.2. The molecular formula is C17H24O5. The van der Waals surface area contributed by atoms with Crippen LogP contribution in [0.25, 0.3) is 0 Å². The lowest BCUT2D eigenvalue weighted by Gasteiger charge is -2.43. The molecule has 0 unspecified atom stereocenters. The lowest BCUT2D eigenvalue weighted by molar-refractivity contribution is -0.145. The zero-order valence-corrected chi connectivity index (χ0v) is 13.5. The van der Waals surface area contributed by atoms with Gasteiger partial charge in [0.2, 0.25) is 0 Å². The molecule has 1 aliphatic rings. The average molecular weight is 308 g/mol. The lowest BCUT2D eigenvalue weighted by Crippen LogP contribution is -2.44. The number of carboxylic acids is 1. The van der Waals surface area contributed by atoms with Crippen LogP contribution in [0.2, 0.25) is 0 Å². The molecule has 0 amide bonds. The number of rotatable bonds is 5. The van der Waals surface area contributed by atoms with Gasteiger partial charge in [-0.1, -0.05) is 13.8 Å². The van der Waals surface area contributed by atoms with Crippen molar-refractivity contribution < 1.29 is 24.5 Å². The van der Waals surface area contributed by atoms with Crippen LogP contribution < -0.4 is 9.47 Å². The molecule has 5 heteroatoms. The first-order valence-electron chi connectivity index (χ1n) is 7.51. The molecule has 0 aromatic heterocycles. The topological polar surface area (TPSA) is 76.0 Å². The van der Waals surface area contributed by atoms with Crippen LogP contribution in [-0.2, 0) is 11.2 Å². The summed E-state index contributed by atoms with van der Waals surface area (Å²) in [5.41, 5.74) is 0.820. The fraction of sp³-hybridized carbons (Fsp3) is 0.588. The lowest BCUT2D eigenvalue weighted by atomic mass is 9.66. The predicted molar refractivity (Wildman–Crippen MR) is 82.6 cm³/mol. The van der Waals surface area contributed by atoms with Crippen molar-refractivity contribution in [2.24, 2.45) is 5.92 Å². The maximum Gasteiger partial charge on any atom is 0.306 e. The van der Waals surface area contributed by atoms with Gasteiger partial charge in [-0.2, -0.15) is 0 Å². The molecule has 0 radical (unpaired) electrons. The second-order valence-electron chi connectivity index (χ2n) is 6.30. The molecule has 22 heavy (non-hydrogen) atoms. The van der Waals surface area contributed by atoms with Crippen molar-refractivity contribution >= 4 is 5.97 Å². The molecule has 0 aliphatic heterocycles. The molecule has 122 valence electrons. The number of carboxylic acid groups (broad SMARTS) is 1. The number of hydrogen-bond donors (Lipinski definition) is 2. The second-order valence-corrected chi connectivity index (χ2v) is 6.30. The van der Waals surface area contributed by atoms with Gasteiger partial charge >= 0.3 is 5.97 Å². The first-order valence-corrected chi connectivity index (χ1v) is 7.51. The molecule has 2 N–H and O–H groups in total. The van der Waals surface area contributed by atoms with Gasteiger partial charge in [0, 0.05) is 5.92 Å². The fourth-order valence-electron chi connectivity index (χ4n) is 3.68. The number of fused-ring (bicyclic) bond motifs is 1. The van der Waals surface area contributed by atoms with Gasteiger partial charge in [0.1, 0.15) is 0 Å². The van der Waals surface area contributed by atoms with Crippen molar-refractivity contribution in [1.29, 1.82) is 0 Å². The smallest absolute Gasteiger partial charge is 0.306 e. The van der Waals surface area contributed by atoms with Crippen LogP contribution in [0.5, 0.6) is 11.5 Å². The zero-order chi connectivity index (χ0) is 16.5. The van der Waals surface area contributed by atoms with Gasteiger partial charge in [-0.05, 0) is 42.0 Å². The number of benzene rings is 1. The van der Waals surface area contributed by atoms with E-state index in [-0.39, 0.29) is 18.3 Å². The van der Waals surface area contributed by atoms with E-state index in [0.717, 1.165) is 11.1 Å². The third-order valence-electron chi connectivity index (χ3n) is 4.51. The van der Waals surface area contributed by atoms with Gasteiger partial charge in [0.15, 0.2) is 11.5 Å². The average Bonchev–Trinajstić information content (AvgIpc) is 2.44.